The van der Waals surface area contributed by atoms with E-state index in [-0.39, 0.29) is 12.1 Å². The second-order valence-electron chi connectivity index (χ2n) is 4.99. The highest BCUT2D eigenvalue weighted by Gasteiger charge is 2.21. The highest BCUT2D eigenvalue weighted by molar-refractivity contribution is 5.82. The molecule has 5 nitrogen and oxygen atoms in total. The first-order valence-electron chi connectivity index (χ1n) is 6.93. The molecule has 0 bridgehead atoms. The van der Waals surface area contributed by atoms with Crippen LogP contribution >= 0.6 is 0 Å². The molecule has 2 amide bonds. The van der Waals surface area contributed by atoms with Crippen LogP contribution in [0.3, 0.4) is 0 Å². The second-order valence-corrected chi connectivity index (χ2v) is 4.99. The number of carboxylic acid groups (broad SMARTS) is 1. The molecule has 1 atom stereocenters. The molecule has 0 saturated heterocycles. The fourth-order valence-corrected chi connectivity index (χ4v) is 2.30. The Kier molecular flexibility index (Phi) is 6.54. The van der Waals surface area contributed by atoms with E-state index < -0.39 is 12.0 Å². The number of carboxylic acids is 1. The van der Waals surface area contributed by atoms with Crippen molar-refractivity contribution in [2.24, 2.45) is 0 Å². The molecule has 0 aliphatic heterocycles. The van der Waals surface area contributed by atoms with Gasteiger partial charge in [-0.1, -0.05) is 39.0 Å². The van der Waals surface area contributed by atoms with Crippen LogP contribution in [0.4, 0.5) is 4.79 Å². The minimum absolute atomic E-state index is 0.208. The van der Waals surface area contributed by atoms with Crippen LogP contribution in [0.1, 0.15) is 58.3 Å². The fraction of sp³-hybridized carbons (Fsp3) is 0.846. The Balaban J connectivity index is 2.32. The van der Waals surface area contributed by atoms with Gasteiger partial charge < -0.3 is 15.7 Å². The molecule has 1 aliphatic rings. The number of nitrogens with one attached hydrogen (secondary N) is 2. The Morgan fingerprint density at radius 1 is 1.28 bits per heavy atom. The van der Waals surface area contributed by atoms with E-state index in [0.29, 0.717) is 6.42 Å². The molecule has 1 aliphatic carbocycles. The first-order valence-corrected chi connectivity index (χ1v) is 6.93. The van der Waals surface area contributed by atoms with Crippen LogP contribution in [-0.2, 0) is 4.79 Å². The highest BCUT2D eigenvalue weighted by atomic mass is 16.4. The van der Waals surface area contributed by atoms with Gasteiger partial charge in [-0.3, -0.25) is 0 Å². The summed E-state index contributed by atoms with van der Waals surface area (Å²) in [5.41, 5.74) is 0. The Bertz CT molecular complexity index is 275. The van der Waals surface area contributed by atoms with Crippen molar-refractivity contribution in [3.63, 3.8) is 0 Å². The van der Waals surface area contributed by atoms with Crippen molar-refractivity contribution in [2.75, 3.05) is 0 Å². The molecule has 0 aromatic rings. The van der Waals surface area contributed by atoms with Gasteiger partial charge in [-0.25, -0.2) is 9.59 Å². The Morgan fingerprint density at radius 2 is 1.94 bits per heavy atom. The van der Waals surface area contributed by atoms with Gasteiger partial charge in [0, 0.05) is 6.04 Å². The molecule has 0 heterocycles. The predicted octanol–water partition coefficient (Wildman–Crippen LogP) is 2.26. The van der Waals surface area contributed by atoms with Crippen molar-refractivity contribution in [1.29, 1.82) is 0 Å². The SMILES string of the molecule is CCCC[C@H](NC(=O)NC1CCCCC1)C(=O)O. The van der Waals surface area contributed by atoms with Crippen LogP contribution in [0.5, 0.6) is 0 Å². The van der Waals surface area contributed by atoms with Crippen molar-refractivity contribution < 1.29 is 14.7 Å². The molecule has 1 rings (SSSR count). The third kappa shape index (κ3) is 5.38. The lowest BCUT2D eigenvalue weighted by molar-refractivity contribution is -0.139. The topological polar surface area (TPSA) is 78.4 Å². The summed E-state index contributed by atoms with van der Waals surface area (Å²) in [6, 6.07) is -0.904. The number of hydrogen-bond donors (Lipinski definition) is 3. The normalized spacial score (nSPS) is 18.1. The van der Waals surface area contributed by atoms with E-state index in [1.54, 1.807) is 0 Å². The van der Waals surface area contributed by atoms with Gasteiger partial charge >= 0.3 is 12.0 Å². The minimum atomic E-state index is -0.956. The lowest BCUT2D eigenvalue weighted by Gasteiger charge is -2.24. The number of amides is 2. The van der Waals surface area contributed by atoms with Crippen LogP contribution in [0.25, 0.3) is 0 Å². The maximum Gasteiger partial charge on any atom is 0.326 e. The average molecular weight is 256 g/mol. The summed E-state index contributed by atoms with van der Waals surface area (Å²) in [5, 5.41) is 14.4. The van der Waals surface area contributed by atoms with Gasteiger partial charge in [-0.05, 0) is 19.3 Å². The summed E-state index contributed by atoms with van der Waals surface area (Å²) in [4.78, 5) is 22.7. The van der Waals surface area contributed by atoms with Crippen molar-refractivity contribution in [1.82, 2.24) is 10.6 Å². The summed E-state index contributed by atoms with van der Waals surface area (Å²) in [7, 11) is 0. The lowest BCUT2D eigenvalue weighted by Crippen LogP contribution is -2.49. The molecule has 5 heteroatoms. The first kappa shape index (κ1) is 14.8. The fourth-order valence-electron chi connectivity index (χ4n) is 2.30. The number of carbonyl (C=O) groups excluding carboxylic acids is 1. The summed E-state index contributed by atoms with van der Waals surface area (Å²) in [5.74, 6) is -0.956. The molecular formula is C13H24N2O3. The number of urea groups is 1. The maximum atomic E-state index is 11.7. The monoisotopic (exact) mass is 256 g/mol. The minimum Gasteiger partial charge on any atom is -0.480 e. The molecule has 0 unspecified atom stereocenters. The van der Waals surface area contributed by atoms with Crippen molar-refractivity contribution in [3.05, 3.63) is 0 Å². The number of unbranched alkanes of at least 4 members (excludes halogenated alkanes) is 1. The first-order chi connectivity index (χ1) is 8.63. The van der Waals surface area contributed by atoms with Gasteiger partial charge in [0.05, 0.1) is 0 Å². The molecule has 0 radical (unpaired) electrons. The van der Waals surface area contributed by atoms with Crippen LogP contribution < -0.4 is 10.6 Å². The molecule has 104 valence electrons. The third-order valence-electron chi connectivity index (χ3n) is 3.39. The zero-order valence-electron chi connectivity index (χ0n) is 11.1. The van der Waals surface area contributed by atoms with Crippen molar-refractivity contribution >= 4 is 12.0 Å². The van der Waals surface area contributed by atoms with E-state index >= 15 is 0 Å². The zero-order valence-corrected chi connectivity index (χ0v) is 11.1. The van der Waals surface area contributed by atoms with Crippen LogP contribution in [0.15, 0.2) is 0 Å². The van der Waals surface area contributed by atoms with E-state index in [1.165, 1.54) is 6.42 Å². The van der Waals surface area contributed by atoms with E-state index in [4.69, 9.17) is 5.11 Å². The predicted molar refractivity (Wildman–Crippen MR) is 69.5 cm³/mol. The van der Waals surface area contributed by atoms with Crippen LogP contribution in [-0.4, -0.2) is 29.2 Å². The molecule has 18 heavy (non-hydrogen) atoms. The Labute approximate surface area is 108 Å². The number of aliphatic carboxylic acids is 1. The highest BCUT2D eigenvalue weighted by Crippen LogP contribution is 2.17. The van der Waals surface area contributed by atoms with Crippen molar-refractivity contribution in [2.45, 2.75) is 70.4 Å². The smallest absolute Gasteiger partial charge is 0.326 e. The zero-order chi connectivity index (χ0) is 13.4. The van der Waals surface area contributed by atoms with Crippen LogP contribution in [0, 0.1) is 0 Å². The number of rotatable bonds is 6. The van der Waals surface area contributed by atoms with Crippen molar-refractivity contribution in [3.8, 4) is 0 Å². The molecular weight excluding hydrogens is 232 g/mol. The maximum absolute atomic E-state index is 11.7. The molecule has 3 N–H and O–H groups in total. The van der Waals surface area contributed by atoms with Gasteiger partial charge in [0.25, 0.3) is 0 Å². The van der Waals surface area contributed by atoms with E-state index in [1.807, 2.05) is 6.92 Å². The standard InChI is InChI=1S/C13H24N2O3/c1-2-3-9-11(12(16)17)15-13(18)14-10-7-5-4-6-8-10/h10-11H,2-9H2,1H3,(H,16,17)(H2,14,15,18)/t11-/m0/s1. The molecule has 1 saturated carbocycles. The van der Waals surface area contributed by atoms with E-state index in [0.717, 1.165) is 38.5 Å². The Hall–Kier alpha value is -1.26. The summed E-state index contributed by atoms with van der Waals surface area (Å²) in [6.45, 7) is 2.00. The average Bonchev–Trinajstić information content (AvgIpc) is 2.35. The molecule has 0 aromatic heterocycles. The number of carbonyl (C=O) groups is 2. The van der Waals surface area contributed by atoms with E-state index in [2.05, 4.69) is 10.6 Å². The molecule has 0 aromatic carbocycles. The summed E-state index contributed by atoms with van der Waals surface area (Å²) in [6.07, 6.45) is 7.74. The van der Waals surface area contributed by atoms with Gasteiger partial charge in [0.15, 0.2) is 0 Å². The lowest BCUT2D eigenvalue weighted by atomic mass is 9.96. The third-order valence-corrected chi connectivity index (χ3v) is 3.39. The molecule has 0 spiro atoms. The van der Waals surface area contributed by atoms with Gasteiger partial charge in [0.1, 0.15) is 6.04 Å². The van der Waals surface area contributed by atoms with E-state index in [9.17, 15) is 9.59 Å². The quantitative estimate of drug-likeness (QED) is 0.682. The number of hydrogen-bond acceptors (Lipinski definition) is 2. The summed E-state index contributed by atoms with van der Waals surface area (Å²) < 4.78 is 0. The summed E-state index contributed by atoms with van der Waals surface area (Å²) >= 11 is 0. The van der Waals surface area contributed by atoms with Gasteiger partial charge in [-0.2, -0.15) is 0 Å². The van der Waals surface area contributed by atoms with Gasteiger partial charge in [-0.15, -0.1) is 0 Å². The Morgan fingerprint density at radius 3 is 2.50 bits per heavy atom. The van der Waals surface area contributed by atoms with Gasteiger partial charge in [0.2, 0.25) is 0 Å². The van der Waals surface area contributed by atoms with Crippen LogP contribution in [0.2, 0.25) is 0 Å². The second kappa shape index (κ2) is 7.95. The molecule has 1 fully saturated rings. The largest absolute Gasteiger partial charge is 0.480 e.